The van der Waals surface area contributed by atoms with E-state index in [9.17, 15) is 4.79 Å². The lowest BCUT2D eigenvalue weighted by atomic mass is 9.79. The molecule has 0 aromatic heterocycles. The van der Waals surface area contributed by atoms with Gasteiger partial charge in [-0.25, -0.2) is 9.69 Å². The molecule has 0 aliphatic carbocycles. The largest absolute Gasteiger partial charge is 0.494 e. The zero-order valence-corrected chi connectivity index (χ0v) is 18.4. The summed E-state index contributed by atoms with van der Waals surface area (Å²) < 4.78 is 17.9. The summed E-state index contributed by atoms with van der Waals surface area (Å²) in [5, 5.41) is 0. The number of carbonyl (C=O) groups is 1. The molecule has 5 nitrogen and oxygen atoms in total. The first-order valence-corrected chi connectivity index (χ1v) is 9.93. The molecule has 0 saturated carbocycles. The van der Waals surface area contributed by atoms with E-state index in [1.807, 2.05) is 103 Å². The number of ether oxygens (including phenoxy) is 1. The van der Waals surface area contributed by atoms with Crippen molar-refractivity contribution in [1.29, 1.82) is 0 Å². The highest BCUT2D eigenvalue weighted by molar-refractivity contribution is 6.62. The van der Waals surface area contributed by atoms with E-state index in [2.05, 4.69) is 0 Å². The van der Waals surface area contributed by atoms with Gasteiger partial charge < -0.3 is 14.0 Å². The summed E-state index contributed by atoms with van der Waals surface area (Å²) in [6.07, 6.45) is -0.424. The van der Waals surface area contributed by atoms with Gasteiger partial charge in [0.25, 0.3) is 0 Å². The molecule has 6 heteroatoms. The molecule has 1 saturated heterocycles. The van der Waals surface area contributed by atoms with Crippen LogP contribution in [0.5, 0.6) is 0 Å². The van der Waals surface area contributed by atoms with Crippen LogP contribution in [-0.2, 0) is 14.0 Å². The van der Waals surface area contributed by atoms with Crippen molar-refractivity contribution in [3.63, 3.8) is 0 Å². The molecule has 0 N–H and O–H groups in total. The topological polar surface area (TPSA) is 48.0 Å². The standard InChI is InChI=1S/C23H30BNO4/c1-21(2,3)27-20(26)25(18-11-9-8-10-12-18)19-15-13-17(14-16-19)24-28-22(4,5)23(6,7)29-24/h8-16H,1-7H3. The Kier molecular flexibility index (Phi) is 5.54. The third kappa shape index (κ3) is 4.65. The third-order valence-electron chi connectivity index (χ3n) is 5.27. The van der Waals surface area contributed by atoms with E-state index in [1.165, 1.54) is 0 Å². The number of hydrogen-bond donors (Lipinski definition) is 0. The second-order valence-corrected chi connectivity index (χ2v) is 9.33. The number of para-hydroxylation sites is 1. The molecule has 1 aliphatic heterocycles. The normalized spacial score (nSPS) is 17.8. The maximum atomic E-state index is 12.9. The van der Waals surface area contributed by atoms with Crippen LogP contribution in [0.25, 0.3) is 0 Å². The van der Waals surface area contributed by atoms with Gasteiger partial charge in [-0.15, -0.1) is 0 Å². The highest BCUT2D eigenvalue weighted by Crippen LogP contribution is 2.36. The maximum Gasteiger partial charge on any atom is 0.494 e. The molecule has 29 heavy (non-hydrogen) atoms. The first-order chi connectivity index (χ1) is 13.4. The summed E-state index contributed by atoms with van der Waals surface area (Å²) in [7, 11) is -0.444. The summed E-state index contributed by atoms with van der Waals surface area (Å²) in [5.74, 6) is 0. The smallest absolute Gasteiger partial charge is 0.443 e. The Bertz CT molecular complexity index is 841. The average molecular weight is 395 g/mol. The number of hydrogen-bond acceptors (Lipinski definition) is 4. The van der Waals surface area contributed by atoms with Crippen LogP contribution in [0, 0.1) is 0 Å². The van der Waals surface area contributed by atoms with Crippen LogP contribution < -0.4 is 10.4 Å². The number of anilines is 2. The minimum atomic E-state index is -0.591. The summed E-state index contributed by atoms with van der Waals surface area (Å²) in [5.41, 5.74) is 0.971. The van der Waals surface area contributed by atoms with Crippen molar-refractivity contribution in [3.05, 3.63) is 54.6 Å². The fourth-order valence-electron chi connectivity index (χ4n) is 3.00. The molecule has 2 aromatic carbocycles. The van der Waals surface area contributed by atoms with E-state index in [0.29, 0.717) is 5.69 Å². The first-order valence-electron chi connectivity index (χ1n) is 9.93. The van der Waals surface area contributed by atoms with Crippen LogP contribution in [-0.4, -0.2) is 30.0 Å². The Morgan fingerprint density at radius 2 is 1.34 bits per heavy atom. The minimum Gasteiger partial charge on any atom is -0.443 e. The minimum absolute atomic E-state index is 0.400. The Morgan fingerprint density at radius 1 is 0.862 bits per heavy atom. The van der Waals surface area contributed by atoms with Gasteiger partial charge in [-0.2, -0.15) is 0 Å². The van der Waals surface area contributed by atoms with E-state index >= 15 is 0 Å². The van der Waals surface area contributed by atoms with Gasteiger partial charge in [0.15, 0.2) is 0 Å². The third-order valence-corrected chi connectivity index (χ3v) is 5.27. The van der Waals surface area contributed by atoms with Crippen LogP contribution in [0.4, 0.5) is 16.2 Å². The molecule has 1 heterocycles. The molecular weight excluding hydrogens is 365 g/mol. The van der Waals surface area contributed by atoms with Gasteiger partial charge in [0.1, 0.15) is 5.60 Å². The molecule has 0 atom stereocenters. The molecule has 0 radical (unpaired) electrons. The van der Waals surface area contributed by atoms with Gasteiger partial charge in [-0.05, 0) is 78.2 Å². The van der Waals surface area contributed by atoms with Gasteiger partial charge >= 0.3 is 13.2 Å². The number of nitrogens with zero attached hydrogens (tertiary/aromatic N) is 1. The monoisotopic (exact) mass is 395 g/mol. The second-order valence-electron chi connectivity index (χ2n) is 9.33. The molecule has 154 valence electrons. The average Bonchev–Trinajstić information content (AvgIpc) is 2.83. The number of amides is 1. The van der Waals surface area contributed by atoms with Crippen LogP contribution in [0.2, 0.25) is 0 Å². The molecule has 3 rings (SSSR count). The van der Waals surface area contributed by atoms with Crippen molar-refractivity contribution in [3.8, 4) is 0 Å². The molecular formula is C23H30BNO4. The summed E-state index contributed by atoms with van der Waals surface area (Å²) in [6, 6.07) is 17.1. The zero-order valence-electron chi connectivity index (χ0n) is 18.4. The molecule has 1 amide bonds. The number of benzene rings is 2. The highest BCUT2D eigenvalue weighted by atomic mass is 16.7. The molecule has 2 aromatic rings. The number of rotatable bonds is 3. The van der Waals surface area contributed by atoms with Crippen molar-refractivity contribution in [2.45, 2.75) is 65.3 Å². The Morgan fingerprint density at radius 3 is 1.83 bits per heavy atom. The maximum absolute atomic E-state index is 12.9. The predicted molar refractivity (Wildman–Crippen MR) is 117 cm³/mol. The van der Waals surface area contributed by atoms with Crippen molar-refractivity contribution >= 4 is 30.0 Å². The lowest BCUT2D eigenvalue weighted by molar-refractivity contribution is 0.00578. The Balaban J connectivity index is 1.89. The first kappa shape index (κ1) is 21.4. The van der Waals surface area contributed by atoms with Crippen molar-refractivity contribution in [2.75, 3.05) is 4.90 Å². The predicted octanol–water partition coefficient (Wildman–Crippen LogP) is 5.06. The molecule has 0 spiro atoms. The van der Waals surface area contributed by atoms with Crippen LogP contribution in [0.3, 0.4) is 0 Å². The zero-order chi connectivity index (χ0) is 21.4. The van der Waals surface area contributed by atoms with Crippen molar-refractivity contribution in [1.82, 2.24) is 0 Å². The van der Waals surface area contributed by atoms with Crippen molar-refractivity contribution < 1.29 is 18.8 Å². The van der Waals surface area contributed by atoms with E-state index in [1.54, 1.807) is 4.90 Å². The van der Waals surface area contributed by atoms with Gasteiger partial charge in [0.2, 0.25) is 0 Å². The quantitative estimate of drug-likeness (QED) is 0.682. The van der Waals surface area contributed by atoms with E-state index in [-0.39, 0.29) is 0 Å². The van der Waals surface area contributed by atoms with E-state index in [0.717, 1.165) is 11.2 Å². The van der Waals surface area contributed by atoms with Gasteiger partial charge in [0, 0.05) is 0 Å². The summed E-state index contributed by atoms with van der Waals surface area (Å²) >= 11 is 0. The Hall–Kier alpha value is -2.31. The molecule has 1 aliphatic rings. The summed E-state index contributed by atoms with van der Waals surface area (Å²) in [4.78, 5) is 14.5. The van der Waals surface area contributed by atoms with Gasteiger partial charge in [0.05, 0.1) is 22.6 Å². The molecule has 0 bridgehead atoms. The lowest BCUT2D eigenvalue weighted by Crippen LogP contribution is -2.41. The van der Waals surface area contributed by atoms with E-state index in [4.69, 9.17) is 14.0 Å². The van der Waals surface area contributed by atoms with E-state index < -0.39 is 30.0 Å². The Labute approximate surface area is 174 Å². The molecule has 1 fully saturated rings. The highest BCUT2D eigenvalue weighted by Gasteiger charge is 2.51. The fraction of sp³-hybridized carbons (Fsp3) is 0.435. The number of carbonyl (C=O) groups excluding carboxylic acids is 1. The lowest BCUT2D eigenvalue weighted by Gasteiger charge is -2.32. The fourth-order valence-corrected chi connectivity index (χ4v) is 3.00. The summed E-state index contributed by atoms with van der Waals surface area (Å²) in [6.45, 7) is 13.7. The molecule has 0 unspecified atom stereocenters. The van der Waals surface area contributed by atoms with Crippen LogP contribution >= 0.6 is 0 Å². The van der Waals surface area contributed by atoms with Gasteiger partial charge in [-0.1, -0.05) is 30.3 Å². The van der Waals surface area contributed by atoms with Crippen LogP contribution in [0.15, 0.2) is 54.6 Å². The SMILES string of the molecule is CC(C)(C)OC(=O)N(c1ccccc1)c1ccc(B2OC(C)(C)C(C)(C)O2)cc1. The van der Waals surface area contributed by atoms with Gasteiger partial charge in [-0.3, -0.25) is 0 Å². The van der Waals surface area contributed by atoms with Crippen LogP contribution in [0.1, 0.15) is 48.5 Å². The van der Waals surface area contributed by atoms with Crippen molar-refractivity contribution in [2.24, 2.45) is 0 Å². The second kappa shape index (κ2) is 7.50.